The fourth-order valence-corrected chi connectivity index (χ4v) is 3.07. The van der Waals surface area contributed by atoms with Gasteiger partial charge in [0.1, 0.15) is 10.1 Å². The summed E-state index contributed by atoms with van der Waals surface area (Å²) in [4.78, 5) is -0.205. The Morgan fingerprint density at radius 3 is 1.95 bits per heavy atom. The molecule has 0 aromatic heterocycles. The summed E-state index contributed by atoms with van der Waals surface area (Å²) in [5.74, 6) is 0.0813. The number of halogens is 1. The van der Waals surface area contributed by atoms with E-state index >= 15 is 0 Å². The maximum absolute atomic E-state index is 11.0. The first-order chi connectivity index (χ1) is 8.81. The molecule has 0 amide bonds. The van der Waals surface area contributed by atoms with E-state index in [0.29, 0.717) is 0 Å². The van der Waals surface area contributed by atoms with Crippen molar-refractivity contribution in [1.82, 2.24) is 0 Å². The van der Waals surface area contributed by atoms with E-state index in [4.69, 9.17) is 5.73 Å². The predicted octanol–water partition coefficient (Wildman–Crippen LogP) is 3.02. The zero-order valence-electron chi connectivity index (χ0n) is 12.2. The summed E-state index contributed by atoms with van der Waals surface area (Å²) in [5.41, 5.74) is 6.78. The van der Waals surface area contributed by atoms with Crippen molar-refractivity contribution in [3.8, 4) is 0 Å². The minimum absolute atomic E-state index is 0.0718. The van der Waals surface area contributed by atoms with Crippen LogP contribution in [0, 0.1) is 0 Å². The Morgan fingerprint density at radius 1 is 1.20 bits per heavy atom. The van der Waals surface area contributed by atoms with E-state index < -0.39 is 15.7 Å². The Labute approximate surface area is 135 Å². The number of nitrogens with two attached hydrogens (primary N) is 1. The van der Waals surface area contributed by atoms with Gasteiger partial charge in [-0.25, -0.2) is 8.42 Å². The zero-order chi connectivity index (χ0) is 15.8. The Kier molecular flexibility index (Phi) is 5.27. The van der Waals surface area contributed by atoms with Crippen molar-refractivity contribution in [1.29, 1.82) is 0 Å². The monoisotopic (exact) mass is 410 g/mol. The lowest BCUT2D eigenvalue weighted by atomic mass is 9.77. The van der Waals surface area contributed by atoms with E-state index in [-0.39, 0.29) is 14.2 Å². The molecule has 0 aliphatic heterocycles. The molecular formula is C14H21INO3S-. The fourth-order valence-electron chi connectivity index (χ4n) is 2.16. The van der Waals surface area contributed by atoms with Crippen molar-refractivity contribution in [3.63, 3.8) is 0 Å². The maximum Gasteiger partial charge on any atom is 0.124 e. The van der Waals surface area contributed by atoms with E-state index in [9.17, 15) is 13.0 Å². The molecule has 20 heavy (non-hydrogen) atoms. The van der Waals surface area contributed by atoms with Gasteiger partial charge in [-0.1, -0.05) is 48.6 Å². The third-order valence-corrected chi connectivity index (χ3v) is 4.45. The van der Waals surface area contributed by atoms with E-state index in [0.717, 1.165) is 12.0 Å². The van der Waals surface area contributed by atoms with Crippen LogP contribution >= 0.6 is 22.6 Å². The molecule has 0 aliphatic carbocycles. The Morgan fingerprint density at radius 2 is 1.65 bits per heavy atom. The van der Waals surface area contributed by atoms with Gasteiger partial charge in [0, 0.05) is 14.9 Å². The van der Waals surface area contributed by atoms with Crippen molar-refractivity contribution in [3.05, 3.63) is 29.8 Å². The van der Waals surface area contributed by atoms with Crippen LogP contribution in [0.2, 0.25) is 0 Å². The van der Waals surface area contributed by atoms with Gasteiger partial charge < -0.3 is 10.3 Å². The summed E-state index contributed by atoms with van der Waals surface area (Å²) in [6, 6.07) is 6.09. The van der Waals surface area contributed by atoms with Crippen LogP contribution in [0.5, 0.6) is 0 Å². The molecule has 0 saturated carbocycles. The average molecular weight is 410 g/mol. The second kappa shape index (κ2) is 5.90. The zero-order valence-corrected chi connectivity index (χ0v) is 15.2. The van der Waals surface area contributed by atoms with Crippen LogP contribution < -0.4 is 5.73 Å². The van der Waals surface area contributed by atoms with Gasteiger partial charge in [-0.05, 0) is 38.0 Å². The summed E-state index contributed by atoms with van der Waals surface area (Å²) >= 11 is 2.38. The van der Waals surface area contributed by atoms with Gasteiger partial charge >= 0.3 is 0 Å². The number of hydrogen-bond acceptors (Lipinski definition) is 4. The quantitative estimate of drug-likeness (QED) is 0.460. The van der Waals surface area contributed by atoms with Crippen LogP contribution in [0.15, 0.2) is 29.2 Å². The first kappa shape index (κ1) is 17.9. The van der Waals surface area contributed by atoms with Crippen molar-refractivity contribution < 1.29 is 13.0 Å². The van der Waals surface area contributed by atoms with Crippen molar-refractivity contribution in [2.45, 2.75) is 53.9 Å². The number of benzene rings is 1. The molecule has 2 N–H and O–H groups in total. The summed E-state index contributed by atoms with van der Waals surface area (Å²) in [6.45, 7) is 8.17. The van der Waals surface area contributed by atoms with E-state index in [1.807, 2.05) is 13.8 Å². The summed E-state index contributed by atoms with van der Waals surface area (Å²) in [7, 11) is -4.40. The summed E-state index contributed by atoms with van der Waals surface area (Å²) in [6.07, 6.45) is 0.862. The lowest BCUT2D eigenvalue weighted by Crippen LogP contribution is -2.41. The molecule has 1 atom stereocenters. The molecule has 0 aliphatic rings. The van der Waals surface area contributed by atoms with E-state index in [1.165, 1.54) is 12.1 Å². The number of hydrogen-bond donors (Lipinski definition) is 1. The van der Waals surface area contributed by atoms with Crippen molar-refractivity contribution >= 4 is 32.7 Å². The van der Waals surface area contributed by atoms with Crippen molar-refractivity contribution in [2.24, 2.45) is 5.73 Å². The predicted molar refractivity (Wildman–Crippen MR) is 88.1 cm³/mol. The average Bonchev–Trinajstić information content (AvgIpc) is 2.22. The van der Waals surface area contributed by atoms with Gasteiger partial charge in [-0.2, -0.15) is 0 Å². The molecule has 0 heterocycles. The van der Waals surface area contributed by atoms with Crippen LogP contribution in [-0.2, 0) is 10.1 Å². The minimum Gasteiger partial charge on any atom is -0.744 e. The van der Waals surface area contributed by atoms with Gasteiger partial charge in [0.2, 0.25) is 0 Å². The molecule has 0 fully saturated rings. The lowest BCUT2D eigenvalue weighted by Gasteiger charge is -2.35. The van der Waals surface area contributed by atoms with E-state index in [1.54, 1.807) is 12.1 Å². The molecule has 6 heteroatoms. The molecular weight excluding hydrogens is 389 g/mol. The smallest absolute Gasteiger partial charge is 0.124 e. The van der Waals surface area contributed by atoms with E-state index in [2.05, 4.69) is 36.4 Å². The molecule has 0 bridgehead atoms. The van der Waals surface area contributed by atoms with Gasteiger partial charge in [-0.3, -0.25) is 0 Å². The largest absolute Gasteiger partial charge is 0.744 e. The van der Waals surface area contributed by atoms with Crippen molar-refractivity contribution in [2.75, 3.05) is 0 Å². The summed E-state index contributed by atoms with van der Waals surface area (Å²) < 4.78 is 32.9. The molecule has 0 radical (unpaired) electrons. The van der Waals surface area contributed by atoms with Gasteiger partial charge in [0.05, 0.1) is 4.90 Å². The van der Waals surface area contributed by atoms with Gasteiger partial charge in [-0.15, -0.1) is 0 Å². The van der Waals surface area contributed by atoms with Gasteiger partial charge in [0.25, 0.3) is 0 Å². The standard InChI is InChI=1S/C14H22INO3S/c1-13(2,15)9-12(14(3,4)16)10-5-7-11(8-6-10)20(17,18)19/h5-8,12H,9,16H2,1-4H3,(H,17,18,19)/p-1. The third-order valence-electron chi connectivity index (χ3n) is 3.16. The first-order valence-corrected chi connectivity index (χ1v) is 8.83. The lowest BCUT2D eigenvalue weighted by molar-refractivity contribution is 0.371. The molecule has 114 valence electrons. The number of rotatable bonds is 5. The minimum atomic E-state index is -4.40. The van der Waals surface area contributed by atoms with Gasteiger partial charge in [0.15, 0.2) is 0 Å². The molecule has 0 spiro atoms. The molecule has 1 unspecified atom stereocenters. The highest BCUT2D eigenvalue weighted by Gasteiger charge is 2.31. The fraction of sp³-hybridized carbons (Fsp3) is 0.571. The molecule has 0 saturated heterocycles. The third kappa shape index (κ3) is 5.31. The normalized spacial score (nSPS) is 15.2. The Balaban J connectivity index is 3.16. The molecule has 1 aromatic rings. The van der Waals surface area contributed by atoms with Crippen LogP contribution in [-0.4, -0.2) is 21.9 Å². The second-order valence-electron chi connectivity index (χ2n) is 6.32. The highest BCUT2D eigenvalue weighted by molar-refractivity contribution is 14.1. The highest BCUT2D eigenvalue weighted by atomic mass is 127. The van der Waals surface area contributed by atoms with Crippen LogP contribution in [0.4, 0.5) is 0 Å². The number of alkyl halides is 1. The maximum atomic E-state index is 11.0. The molecule has 1 aromatic carbocycles. The first-order valence-electron chi connectivity index (χ1n) is 6.34. The summed E-state index contributed by atoms with van der Waals surface area (Å²) in [5, 5.41) is 0. The SMILES string of the molecule is CC(C)(I)CC(c1ccc(S(=O)(=O)[O-])cc1)C(C)(C)N. The Bertz CT molecular complexity index is 554. The highest BCUT2D eigenvalue weighted by Crippen LogP contribution is 2.37. The second-order valence-corrected chi connectivity index (χ2v) is 10.6. The van der Waals surface area contributed by atoms with Crippen LogP contribution in [0.25, 0.3) is 0 Å². The molecule has 4 nitrogen and oxygen atoms in total. The molecule has 1 rings (SSSR count). The topological polar surface area (TPSA) is 83.2 Å². The Hall–Kier alpha value is -0.180. The van der Waals surface area contributed by atoms with Crippen LogP contribution in [0.1, 0.15) is 45.6 Å². The van der Waals surface area contributed by atoms with Crippen LogP contribution in [0.3, 0.4) is 0 Å².